The smallest absolute Gasteiger partial charge is 0.345 e. The average molecular weight is 447 g/mol. The van der Waals surface area contributed by atoms with Gasteiger partial charge in [-0.2, -0.15) is 0 Å². The van der Waals surface area contributed by atoms with E-state index in [0.29, 0.717) is 6.42 Å². The van der Waals surface area contributed by atoms with E-state index in [1.807, 2.05) is 13.8 Å². The van der Waals surface area contributed by atoms with Crippen LogP contribution < -0.4 is 14.2 Å². The van der Waals surface area contributed by atoms with E-state index < -0.39 is 24.0 Å². The fourth-order valence-corrected chi connectivity index (χ4v) is 3.11. The molecule has 0 fully saturated rings. The molecule has 0 aliphatic carbocycles. The third kappa shape index (κ3) is 5.27. The van der Waals surface area contributed by atoms with Crippen LogP contribution in [0.3, 0.4) is 0 Å². The lowest BCUT2D eigenvalue weighted by Gasteiger charge is -2.27. The van der Waals surface area contributed by atoms with Gasteiger partial charge in [-0.05, 0) is 12.3 Å². The van der Waals surface area contributed by atoms with E-state index in [-0.39, 0.29) is 45.7 Å². The number of carbonyl (C=O) groups is 3. The monoisotopic (exact) mass is 446 g/mol. The molecule has 1 aromatic rings. The third-order valence-corrected chi connectivity index (χ3v) is 4.40. The second kappa shape index (κ2) is 11.5. The maximum atomic E-state index is 12.6. The number of carbonyl (C=O) groups excluding carboxylic acids is 3. The highest BCUT2D eigenvalue weighted by Crippen LogP contribution is 2.49. The van der Waals surface area contributed by atoms with Crippen LogP contribution in [-0.4, -0.2) is 59.3 Å². The van der Waals surface area contributed by atoms with E-state index in [9.17, 15) is 14.4 Å². The molecule has 1 rings (SSSR count). The van der Waals surface area contributed by atoms with Gasteiger partial charge in [-0.1, -0.05) is 13.8 Å². The van der Waals surface area contributed by atoms with Crippen molar-refractivity contribution in [2.45, 2.75) is 26.4 Å². The first-order valence-corrected chi connectivity index (χ1v) is 9.53. The van der Waals surface area contributed by atoms with Crippen molar-refractivity contribution in [2.24, 2.45) is 5.92 Å². The molecule has 0 unspecified atom stereocenters. The average Bonchev–Trinajstić information content (AvgIpc) is 2.74. The van der Waals surface area contributed by atoms with Crippen LogP contribution in [0.15, 0.2) is 0 Å². The molecule has 0 N–H and O–H groups in total. The van der Waals surface area contributed by atoms with Gasteiger partial charge >= 0.3 is 17.9 Å². The van der Waals surface area contributed by atoms with Gasteiger partial charge in [-0.3, -0.25) is 4.79 Å². The molecule has 0 amide bonds. The molecule has 0 saturated heterocycles. The number of halogens is 1. The minimum absolute atomic E-state index is 0.0174. The van der Waals surface area contributed by atoms with Gasteiger partial charge in [0.25, 0.3) is 0 Å². The normalized spacial score (nSPS) is 11.5. The number of hydrogen-bond acceptors (Lipinski definition) is 9. The lowest BCUT2D eigenvalue weighted by molar-refractivity contribution is -0.147. The summed E-state index contributed by atoms with van der Waals surface area (Å²) in [5.74, 6) is -2.87. The van der Waals surface area contributed by atoms with Crippen molar-refractivity contribution in [3.8, 4) is 17.2 Å². The van der Waals surface area contributed by atoms with E-state index in [4.69, 9.17) is 40.0 Å². The number of ether oxygens (including phenoxy) is 6. The summed E-state index contributed by atoms with van der Waals surface area (Å²) in [6.07, 6.45) is -0.623. The Morgan fingerprint density at radius 3 is 1.53 bits per heavy atom. The van der Waals surface area contributed by atoms with Gasteiger partial charge in [-0.15, -0.1) is 11.6 Å². The van der Waals surface area contributed by atoms with Crippen molar-refractivity contribution in [1.29, 1.82) is 0 Å². The van der Waals surface area contributed by atoms with Crippen LogP contribution in [0.25, 0.3) is 0 Å². The Morgan fingerprint density at radius 1 is 0.800 bits per heavy atom. The van der Waals surface area contributed by atoms with E-state index in [1.165, 1.54) is 35.5 Å². The van der Waals surface area contributed by atoms with Crippen molar-refractivity contribution >= 4 is 29.5 Å². The fraction of sp³-hybridized carbons (Fsp3) is 0.550. The maximum absolute atomic E-state index is 12.6. The zero-order chi connectivity index (χ0) is 23.0. The van der Waals surface area contributed by atoms with Crippen molar-refractivity contribution in [1.82, 2.24) is 0 Å². The van der Waals surface area contributed by atoms with Crippen molar-refractivity contribution < 1.29 is 42.8 Å². The largest absolute Gasteiger partial charge is 0.495 e. The van der Waals surface area contributed by atoms with Crippen molar-refractivity contribution in [3.63, 3.8) is 0 Å². The minimum atomic E-state index is -0.945. The van der Waals surface area contributed by atoms with Crippen LogP contribution in [0.4, 0.5) is 0 Å². The molecule has 0 aliphatic heterocycles. The number of rotatable bonds is 10. The molecule has 10 heteroatoms. The SMILES string of the molecule is COC(=O)c1c(OC)c(C(=O)OC)c(OC)c([C@H](CC(C)C)OC(=O)CCl)c1OC. The Kier molecular flexibility index (Phi) is 9.71. The number of methoxy groups -OCH3 is 5. The predicted octanol–water partition coefficient (Wildman–Crippen LogP) is 3.15. The molecule has 30 heavy (non-hydrogen) atoms. The molecular weight excluding hydrogens is 420 g/mol. The summed E-state index contributed by atoms with van der Waals surface area (Å²) in [5, 5.41) is 0. The van der Waals surface area contributed by atoms with Gasteiger partial charge in [-0.25, -0.2) is 9.59 Å². The second-order valence-corrected chi connectivity index (χ2v) is 6.76. The molecule has 0 heterocycles. The zero-order valence-electron chi connectivity index (χ0n) is 18.1. The molecule has 0 aromatic heterocycles. The lowest BCUT2D eigenvalue weighted by atomic mass is 9.92. The van der Waals surface area contributed by atoms with Crippen LogP contribution in [0.1, 0.15) is 52.7 Å². The molecule has 0 spiro atoms. The predicted molar refractivity (Wildman–Crippen MR) is 108 cm³/mol. The first-order valence-electron chi connectivity index (χ1n) is 8.99. The Morgan fingerprint density at radius 2 is 1.23 bits per heavy atom. The van der Waals surface area contributed by atoms with Gasteiger partial charge in [0.1, 0.15) is 34.6 Å². The molecule has 0 aliphatic rings. The molecule has 0 bridgehead atoms. The maximum Gasteiger partial charge on any atom is 0.345 e. The topological polar surface area (TPSA) is 107 Å². The number of hydrogen-bond donors (Lipinski definition) is 0. The molecular formula is C20H27ClO9. The Labute approximate surface area is 180 Å². The lowest BCUT2D eigenvalue weighted by Crippen LogP contribution is -2.21. The minimum Gasteiger partial charge on any atom is -0.495 e. The Balaban J connectivity index is 4.12. The summed E-state index contributed by atoms with van der Waals surface area (Å²) in [6, 6.07) is 0. The third-order valence-electron chi connectivity index (χ3n) is 4.18. The van der Waals surface area contributed by atoms with Gasteiger partial charge in [0.15, 0.2) is 5.75 Å². The highest BCUT2D eigenvalue weighted by molar-refractivity contribution is 6.26. The zero-order valence-corrected chi connectivity index (χ0v) is 18.9. The Hall–Kier alpha value is -2.68. The fourth-order valence-electron chi connectivity index (χ4n) is 3.04. The molecule has 168 valence electrons. The summed E-state index contributed by atoms with van der Waals surface area (Å²) in [6.45, 7) is 3.82. The van der Waals surface area contributed by atoms with Crippen molar-refractivity contribution in [2.75, 3.05) is 41.4 Å². The van der Waals surface area contributed by atoms with Crippen LogP contribution >= 0.6 is 11.6 Å². The summed E-state index contributed by atoms with van der Waals surface area (Å²) >= 11 is 5.62. The standard InChI is InChI=1S/C20H27ClO9/c1-10(2)8-11(30-12(22)9-21)13-16(25-3)14(19(23)28-6)18(27-5)15(17(13)26-4)20(24)29-7/h10-11H,8-9H2,1-7H3/t11-/m0/s1. The molecule has 1 aromatic carbocycles. The summed E-state index contributed by atoms with van der Waals surface area (Å²) in [5.41, 5.74) is -0.183. The van der Waals surface area contributed by atoms with Gasteiger partial charge in [0.05, 0.1) is 41.1 Å². The van der Waals surface area contributed by atoms with E-state index in [0.717, 1.165) is 0 Å². The highest BCUT2D eigenvalue weighted by atomic mass is 35.5. The van der Waals surface area contributed by atoms with Crippen molar-refractivity contribution in [3.05, 3.63) is 16.7 Å². The molecule has 0 radical (unpaired) electrons. The first kappa shape index (κ1) is 25.4. The molecule has 1 atom stereocenters. The number of alkyl halides is 1. The van der Waals surface area contributed by atoms with E-state index in [2.05, 4.69) is 0 Å². The van der Waals surface area contributed by atoms with Crippen LogP contribution in [-0.2, 0) is 19.0 Å². The van der Waals surface area contributed by atoms with Crippen LogP contribution in [0.2, 0.25) is 0 Å². The Bertz CT molecular complexity index is 744. The van der Waals surface area contributed by atoms with E-state index in [1.54, 1.807) is 0 Å². The van der Waals surface area contributed by atoms with Crippen LogP contribution in [0, 0.1) is 5.92 Å². The van der Waals surface area contributed by atoms with Gasteiger partial charge in [0, 0.05) is 0 Å². The van der Waals surface area contributed by atoms with Gasteiger partial charge < -0.3 is 28.4 Å². The van der Waals surface area contributed by atoms with Crippen LogP contribution in [0.5, 0.6) is 17.2 Å². The number of benzene rings is 1. The van der Waals surface area contributed by atoms with E-state index >= 15 is 0 Å². The quantitative estimate of drug-likeness (QED) is 0.304. The molecule has 0 saturated carbocycles. The summed E-state index contributed by atoms with van der Waals surface area (Å²) in [4.78, 5) is 37.2. The van der Waals surface area contributed by atoms with Gasteiger partial charge in [0.2, 0.25) is 0 Å². The summed E-state index contributed by atoms with van der Waals surface area (Å²) < 4.78 is 31.6. The second-order valence-electron chi connectivity index (χ2n) is 6.49. The number of esters is 3. The molecule has 9 nitrogen and oxygen atoms in total. The summed E-state index contributed by atoms with van der Waals surface area (Å²) in [7, 11) is 6.24. The first-order chi connectivity index (χ1) is 14.2. The highest BCUT2D eigenvalue weighted by Gasteiger charge is 2.38.